The van der Waals surface area contributed by atoms with Crippen LogP contribution in [0.2, 0.25) is 0 Å². The largest absolute Gasteiger partial charge is 0.344 e. The Kier molecular flexibility index (Phi) is 4.81. The van der Waals surface area contributed by atoms with Crippen LogP contribution in [0.15, 0.2) is 9.95 Å². The second-order valence-corrected chi connectivity index (χ2v) is 7.41. The average molecular weight is 312 g/mol. The zero-order valence-corrected chi connectivity index (χ0v) is 14.1. The van der Waals surface area contributed by atoms with E-state index in [0.29, 0.717) is 5.16 Å². The van der Waals surface area contributed by atoms with Gasteiger partial charge in [0.05, 0.1) is 5.25 Å². The summed E-state index contributed by atoms with van der Waals surface area (Å²) in [5.74, 6) is 0.0859. The van der Waals surface area contributed by atoms with Gasteiger partial charge in [-0.05, 0) is 47.5 Å². The number of nitrogens with zero attached hydrogens (tertiary/aromatic N) is 3. The van der Waals surface area contributed by atoms with Crippen LogP contribution in [0.3, 0.4) is 0 Å². The average Bonchev–Trinajstić information content (AvgIpc) is 3.14. The number of nitrogens with one attached hydrogen (secondary N) is 1. The minimum absolute atomic E-state index is 0.0859. The SMILES string of the molecule is CC(C)N(C(=O)[C@H](C)Sc1n[nH]c(=O)n1C1CC1)C(C)C. The maximum Gasteiger partial charge on any atom is 0.344 e. The minimum atomic E-state index is -0.262. The van der Waals surface area contributed by atoms with Gasteiger partial charge in [-0.3, -0.25) is 9.36 Å². The molecule has 0 unspecified atom stereocenters. The van der Waals surface area contributed by atoms with Crippen molar-refractivity contribution in [3.8, 4) is 0 Å². The Labute approximate surface area is 129 Å². The van der Waals surface area contributed by atoms with Crippen LogP contribution in [0.25, 0.3) is 0 Å². The molecule has 1 aliphatic carbocycles. The molecule has 0 saturated heterocycles. The highest BCUT2D eigenvalue weighted by Gasteiger charge is 2.31. The first-order valence-electron chi connectivity index (χ1n) is 7.48. The van der Waals surface area contributed by atoms with Crippen LogP contribution in [-0.2, 0) is 4.79 Å². The fourth-order valence-electron chi connectivity index (χ4n) is 2.55. The fourth-order valence-corrected chi connectivity index (χ4v) is 3.53. The number of hydrogen-bond donors (Lipinski definition) is 1. The Bertz CT molecular complexity index is 552. The van der Waals surface area contributed by atoms with Crippen LogP contribution in [0.4, 0.5) is 0 Å². The number of aromatic amines is 1. The summed E-state index contributed by atoms with van der Waals surface area (Å²) >= 11 is 1.36. The van der Waals surface area contributed by atoms with E-state index in [4.69, 9.17) is 0 Å². The number of carbonyl (C=O) groups excluding carboxylic acids is 1. The Balaban J connectivity index is 2.12. The van der Waals surface area contributed by atoms with Crippen molar-refractivity contribution < 1.29 is 4.79 Å². The van der Waals surface area contributed by atoms with Crippen molar-refractivity contribution in [3.05, 3.63) is 10.5 Å². The van der Waals surface area contributed by atoms with Crippen molar-refractivity contribution >= 4 is 17.7 Å². The van der Waals surface area contributed by atoms with E-state index in [0.717, 1.165) is 12.8 Å². The summed E-state index contributed by atoms with van der Waals surface area (Å²) in [6, 6.07) is 0.572. The number of thioether (sulfide) groups is 1. The molecule has 2 rings (SSSR count). The molecule has 1 heterocycles. The predicted octanol–water partition coefficient (Wildman–Crippen LogP) is 2.03. The highest BCUT2D eigenvalue weighted by atomic mass is 32.2. The molecule has 1 aromatic rings. The Hall–Kier alpha value is -1.24. The summed E-state index contributed by atoms with van der Waals surface area (Å²) in [6.07, 6.45) is 2.03. The molecule has 0 aliphatic heterocycles. The summed E-state index contributed by atoms with van der Waals surface area (Å²) in [5, 5.41) is 6.91. The predicted molar refractivity (Wildman–Crippen MR) is 83.6 cm³/mol. The van der Waals surface area contributed by atoms with Crippen molar-refractivity contribution in [1.82, 2.24) is 19.7 Å². The van der Waals surface area contributed by atoms with E-state index in [-0.39, 0.29) is 35.0 Å². The van der Waals surface area contributed by atoms with Crippen LogP contribution in [0.5, 0.6) is 0 Å². The first-order valence-corrected chi connectivity index (χ1v) is 8.36. The monoisotopic (exact) mass is 312 g/mol. The molecular weight excluding hydrogens is 288 g/mol. The highest BCUT2D eigenvalue weighted by molar-refractivity contribution is 8.00. The molecule has 118 valence electrons. The lowest BCUT2D eigenvalue weighted by Crippen LogP contribution is -2.45. The minimum Gasteiger partial charge on any atom is -0.337 e. The van der Waals surface area contributed by atoms with E-state index in [2.05, 4.69) is 10.2 Å². The van der Waals surface area contributed by atoms with Gasteiger partial charge < -0.3 is 4.90 Å². The molecule has 21 heavy (non-hydrogen) atoms. The highest BCUT2D eigenvalue weighted by Crippen LogP contribution is 2.37. The van der Waals surface area contributed by atoms with E-state index in [1.807, 2.05) is 39.5 Å². The van der Waals surface area contributed by atoms with Crippen LogP contribution in [0.1, 0.15) is 53.5 Å². The maximum absolute atomic E-state index is 12.6. The first kappa shape index (κ1) is 16.1. The van der Waals surface area contributed by atoms with Gasteiger partial charge in [-0.25, -0.2) is 9.89 Å². The molecule has 0 spiro atoms. The zero-order chi connectivity index (χ0) is 15.7. The number of hydrogen-bond acceptors (Lipinski definition) is 4. The van der Waals surface area contributed by atoms with Gasteiger partial charge in [0.25, 0.3) is 0 Å². The molecule has 7 heteroatoms. The summed E-state index contributed by atoms with van der Waals surface area (Å²) in [6.45, 7) is 9.95. The van der Waals surface area contributed by atoms with Crippen LogP contribution in [0, 0.1) is 0 Å². The van der Waals surface area contributed by atoms with Gasteiger partial charge in [-0.1, -0.05) is 11.8 Å². The molecule has 1 atom stereocenters. The smallest absolute Gasteiger partial charge is 0.337 e. The van der Waals surface area contributed by atoms with Gasteiger partial charge in [-0.15, -0.1) is 5.10 Å². The van der Waals surface area contributed by atoms with Gasteiger partial charge in [0.15, 0.2) is 5.16 Å². The molecule has 0 radical (unpaired) electrons. The van der Waals surface area contributed by atoms with E-state index in [1.165, 1.54) is 11.8 Å². The third-order valence-corrected chi connectivity index (χ3v) is 4.64. The van der Waals surface area contributed by atoms with Crippen LogP contribution in [-0.4, -0.2) is 42.9 Å². The maximum atomic E-state index is 12.6. The third-order valence-electron chi connectivity index (χ3n) is 3.58. The van der Waals surface area contributed by atoms with Crippen molar-refractivity contribution in [2.75, 3.05) is 0 Å². The Morgan fingerprint density at radius 3 is 2.33 bits per heavy atom. The summed E-state index contributed by atoms with van der Waals surface area (Å²) in [7, 11) is 0. The number of amides is 1. The Morgan fingerprint density at radius 1 is 1.29 bits per heavy atom. The lowest BCUT2D eigenvalue weighted by Gasteiger charge is -2.32. The summed E-state index contributed by atoms with van der Waals surface area (Å²) in [5.41, 5.74) is -0.177. The second kappa shape index (κ2) is 6.25. The Morgan fingerprint density at radius 2 is 1.86 bits per heavy atom. The summed E-state index contributed by atoms with van der Waals surface area (Å²) < 4.78 is 1.68. The molecule has 0 aromatic carbocycles. The number of carbonyl (C=O) groups is 1. The fraction of sp³-hybridized carbons (Fsp3) is 0.786. The molecule has 1 N–H and O–H groups in total. The van der Waals surface area contributed by atoms with Gasteiger partial charge >= 0.3 is 5.69 Å². The van der Waals surface area contributed by atoms with Gasteiger partial charge in [0, 0.05) is 18.1 Å². The van der Waals surface area contributed by atoms with E-state index >= 15 is 0 Å². The van der Waals surface area contributed by atoms with Crippen molar-refractivity contribution in [2.24, 2.45) is 0 Å². The van der Waals surface area contributed by atoms with Crippen molar-refractivity contribution in [2.45, 2.75) is 76.0 Å². The molecule has 1 aliphatic rings. The normalized spacial score (nSPS) is 16.5. The van der Waals surface area contributed by atoms with Crippen LogP contribution >= 0.6 is 11.8 Å². The van der Waals surface area contributed by atoms with E-state index in [1.54, 1.807) is 4.57 Å². The van der Waals surface area contributed by atoms with Crippen molar-refractivity contribution in [3.63, 3.8) is 0 Å². The number of rotatable bonds is 6. The van der Waals surface area contributed by atoms with Gasteiger partial charge in [0.1, 0.15) is 0 Å². The van der Waals surface area contributed by atoms with Gasteiger partial charge in [0.2, 0.25) is 5.91 Å². The van der Waals surface area contributed by atoms with E-state index < -0.39 is 0 Å². The first-order chi connectivity index (χ1) is 9.82. The van der Waals surface area contributed by atoms with Gasteiger partial charge in [-0.2, -0.15) is 0 Å². The van der Waals surface area contributed by atoms with Crippen molar-refractivity contribution in [1.29, 1.82) is 0 Å². The molecule has 1 saturated carbocycles. The lowest BCUT2D eigenvalue weighted by atomic mass is 10.2. The quantitative estimate of drug-likeness (QED) is 0.816. The molecule has 1 amide bonds. The second-order valence-electron chi connectivity index (χ2n) is 6.11. The number of aromatic nitrogens is 3. The lowest BCUT2D eigenvalue weighted by molar-refractivity contribution is -0.133. The molecule has 1 fully saturated rings. The number of H-pyrrole nitrogens is 1. The van der Waals surface area contributed by atoms with Crippen LogP contribution < -0.4 is 5.69 Å². The summed E-state index contributed by atoms with van der Waals surface area (Å²) in [4.78, 5) is 26.3. The molecule has 1 aromatic heterocycles. The molecule has 6 nitrogen and oxygen atoms in total. The molecular formula is C14H24N4O2S. The molecule has 0 bridgehead atoms. The standard InChI is InChI=1S/C14H24N4O2S/c1-8(2)17(9(3)4)12(19)10(5)21-14-16-15-13(20)18(14)11-6-7-11/h8-11H,6-7H2,1-5H3,(H,15,20)/t10-/m0/s1. The third kappa shape index (κ3) is 3.51. The topological polar surface area (TPSA) is 71.0 Å². The zero-order valence-electron chi connectivity index (χ0n) is 13.3. The van der Waals surface area contributed by atoms with E-state index in [9.17, 15) is 9.59 Å².